The Morgan fingerprint density at radius 3 is 2.35 bits per heavy atom. The largest absolute Gasteiger partial charge is 0.478 e. The van der Waals surface area contributed by atoms with E-state index < -0.39 is 12.6 Å². The molecule has 0 saturated heterocycles. The van der Waals surface area contributed by atoms with Crippen LogP contribution in [0.5, 0.6) is 5.75 Å². The molecular weight excluding hydrogens is 270 g/mol. The second-order valence-electron chi connectivity index (χ2n) is 4.14. The van der Waals surface area contributed by atoms with Gasteiger partial charge < -0.3 is 9.84 Å². The van der Waals surface area contributed by atoms with E-state index in [-0.39, 0.29) is 11.3 Å². The lowest BCUT2D eigenvalue weighted by Crippen LogP contribution is -2.04. The molecule has 1 aromatic heterocycles. The zero-order valence-electron chi connectivity index (χ0n) is 10.8. The molecule has 0 spiro atoms. The molecule has 20 heavy (non-hydrogen) atoms. The molecule has 106 valence electrons. The fourth-order valence-corrected chi connectivity index (χ4v) is 1.97. The number of alkyl halides is 2. The van der Waals surface area contributed by atoms with E-state index in [1.54, 1.807) is 13.8 Å². The Morgan fingerprint density at radius 1 is 1.30 bits per heavy atom. The highest BCUT2D eigenvalue weighted by Gasteiger charge is 2.18. The average Bonchev–Trinajstić information content (AvgIpc) is 2.65. The Labute approximate surface area is 113 Å². The van der Waals surface area contributed by atoms with Crippen molar-refractivity contribution < 1.29 is 23.4 Å². The van der Waals surface area contributed by atoms with Crippen LogP contribution in [0, 0.1) is 13.8 Å². The lowest BCUT2D eigenvalue weighted by atomic mass is 10.2. The normalized spacial score (nSPS) is 10.8. The van der Waals surface area contributed by atoms with E-state index in [4.69, 9.17) is 5.11 Å². The fraction of sp³-hybridized carbons (Fsp3) is 0.231. The van der Waals surface area contributed by atoms with Crippen LogP contribution in [0.2, 0.25) is 0 Å². The molecule has 0 amide bonds. The minimum atomic E-state index is -2.88. The second kappa shape index (κ2) is 5.28. The van der Waals surface area contributed by atoms with E-state index in [2.05, 4.69) is 9.84 Å². The number of hydrogen-bond acceptors (Lipinski definition) is 3. The molecular formula is C13H12F2N2O3. The Hall–Kier alpha value is -2.44. The number of aryl methyl sites for hydroxylation is 1. The van der Waals surface area contributed by atoms with Crippen molar-refractivity contribution in [2.24, 2.45) is 0 Å². The molecule has 1 heterocycles. The van der Waals surface area contributed by atoms with Gasteiger partial charge in [0.2, 0.25) is 0 Å². The highest BCUT2D eigenvalue weighted by molar-refractivity contribution is 5.90. The molecule has 0 unspecified atom stereocenters. The Morgan fingerprint density at radius 2 is 1.90 bits per heavy atom. The summed E-state index contributed by atoms with van der Waals surface area (Å²) in [7, 11) is 0. The summed E-state index contributed by atoms with van der Waals surface area (Å²) in [6.07, 6.45) is 0. The van der Waals surface area contributed by atoms with E-state index in [1.165, 1.54) is 28.9 Å². The summed E-state index contributed by atoms with van der Waals surface area (Å²) >= 11 is 0. The summed E-state index contributed by atoms with van der Waals surface area (Å²) in [6.45, 7) is 0.349. The van der Waals surface area contributed by atoms with Crippen LogP contribution >= 0.6 is 0 Å². The first-order valence-electron chi connectivity index (χ1n) is 5.75. The number of aromatic nitrogens is 2. The van der Waals surface area contributed by atoms with Crippen molar-refractivity contribution in [3.63, 3.8) is 0 Å². The average molecular weight is 282 g/mol. The van der Waals surface area contributed by atoms with Crippen LogP contribution in [0.25, 0.3) is 5.69 Å². The van der Waals surface area contributed by atoms with Gasteiger partial charge in [-0.3, -0.25) is 0 Å². The minimum Gasteiger partial charge on any atom is -0.478 e. The molecule has 0 saturated carbocycles. The van der Waals surface area contributed by atoms with Gasteiger partial charge in [-0.2, -0.15) is 13.9 Å². The van der Waals surface area contributed by atoms with Gasteiger partial charge in [-0.25, -0.2) is 9.48 Å². The summed E-state index contributed by atoms with van der Waals surface area (Å²) in [5, 5.41) is 13.2. The number of ether oxygens (including phenoxy) is 1. The van der Waals surface area contributed by atoms with Crippen molar-refractivity contribution in [1.82, 2.24) is 9.78 Å². The minimum absolute atomic E-state index is 0.0312. The third-order valence-electron chi connectivity index (χ3n) is 2.81. The Bertz CT molecular complexity index is 636. The van der Waals surface area contributed by atoms with Gasteiger partial charge in [0.05, 0.1) is 17.1 Å². The SMILES string of the molecule is Cc1nn(-c2ccc(OC(F)F)cc2)c(C)c1C(=O)O. The first kappa shape index (κ1) is 14.0. The van der Waals surface area contributed by atoms with Gasteiger partial charge in [0.1, 0.15) is 11.3 Å². The number of hydrogen-bond donors (Lipinski definition) is 1. The van der Waals surface area contributed by atoms with Crippen LogP contribution in [-0.4, -0.2) is 27.5 Å². The Kier molecular flexibility index (Phi) is 3.69. The van der Waals surface area contributed by atoms with Gasteiger partial charge in [-0.05, 0) is 38.1 Å². The van der Waals surface area contributed by atoms with Crippen LogP contribution in [0.3, 0.4) is 0 Å². The summed E-state index contributed by atoms with van der Waals surface area (Å²) < 4.78 is 29.8. The van der Waals surface area contributed by atoms with E-state index in [0.717, 1.165) is 0 Å². The lowest BCUT2D eigenvalue weighted by Gasteiger charge is -2.07. The summed E-state index contributed by atoms with van der Waals surface area (Å²) in [6, 6.07) is 5.81. The van der Waals surface area contributed by atoms with Crippen LogP contribution < -0.4 is 4.74 Å². The van der Waals surface area contributed by atoms with Gasteiger partial charge in [0.15, 0.2) is 0 Å². The van der Waals surface area contributed by atoms with Crippen LogP contribution in [0.15, 0.2) is 24.3 Å². The van der Waals surface area contributed by atoms with E-state index >= 15 is 0 Å². The van der Waals surface area contributed by atoms with Gasteiger partial charge in [-0.1, -0.05) is 0 Å². The molecule has 7 heteroatoms. The van der Waals surface area contributed by atoms with Gasteiger partial charge in [-0.15, -0.1) is 0 Å². The molecule has 0 aliphatic heterocycles. The summed E-state index contributed by atoms with van der Waals surface area (Å²) in [5.74, 6) is -1.02. The quantitative estimate of drug-likeness (QED) is 0.936. The van der Waals surface area contributed by atoms with Crippen LogP contribution in [-0.2, 0) is 0 Å². The van der Waals surface area contributed by atoms with Crippen molar-refractivity contribution in [3.05, 3.63) is 41.2 Å². The molecule has 1 aromatic carbocycles. The summed E-state index contributed by atoms with van der Waals surface area (Å²) in [4.78, 5) is 11.1. The first-order valence-corrected chi connectivity index (χ1v) is 5.75. The number of halogens is 2. The fourth-order valence-electron chi connectivity index (χ4n) is 1.97. The molecule has 0 aliphatic rings. The maximum atomic E-state index is 12.0. The molecule has 0 radical (unpaired) electrons. The number of benzene rings is 1. The number of aromatic carboxylic acids is 1. The molecule has 5 nitrogen and oxygen atoms in total. The third kappa shape index (κ3) is 2.61. The molecule has 0 atom stereocenters. The van der Waals surface area contributed by atoms with Crippen molar-refractivity contribution >= 4 is 5.97 Å². The molecule has 2 aromatic rings. The van der Waals surface area contributed by atoms with Crippen molar-refractivity contribution in [2.75, 3.05) is 0 Å². The van der Waals surface area contributed by atoms with Crippen molar-refractivity contribution in [1.29, 1.82) is 0 Å². The number of rotatable bonds is 4. The van der Waals surface area contributed by atoms with E-state index in [1.807, 2.05) is 0 Å². The molecule has 0 aliphatic carbocycles. The van der Waals surface area contributed by atoms with Gasteiger partial charge in [0, 0.05) is 0 Å². The van der Waals surface area contributed by atoms with Gasteiger partial charge in [0.25, 0.3) is 0 Å². The second-order valence-corrected chi connectivity index (χ2v) is 4.14. The number of carboxylic acids is 1. The lowest BCUT2D eigenvalue weighted by molar-refractivity contribution is -0.0498. The Balaban J connectivity index is 2.37. The van der Waals surface area contributed by atoms with E-state index in [0.29, 0.717) is 17.1 Å². The zero-order chi connectivity index (χ0) is 14.9. The first-order chi connectivity index (χ1) is 9.40. The number of carboxylic acid groups (broad SMARTS) is 1. The van der Waals surface area contributed by atoms with Crippen molar-refractivity contribution in [3.8, 4) is 11.4 Å². The molecule has 2 rings (SSSR count). The highest BCUT2D eigenvalue weighted by atomic mass is 19.3. The number of carbonyl (C=O) groups is 1. The van der Waals surface area contributed by atoms with E-state index in [9.17, 15) is 13.6 Å². The monoisotopic (exact) mass is 282 g/mol. The predicted molar refractivity (Wildman–Crippen MR) is 66.6 cm³/mol. The maximum Gasteiger partial charge on any atom is 0.387 e. The zero-order valence-corrected chi connectivity index (χ0v) is 10.8. The van der Waals surface area contributed by atoms with Crippen molar-refractivity contribution in [2.45, 2.75) is 20.5 Å². The highest BCUT2D eigenvalue weighted by Crippen LogP contribution is 2.21. The molecule has 1 N–H and O–H groups in total. The third-order valence-corrected chi connectivity index (χ3v) is 2.81. The smallest absolute Gasteiger partial charge is 0.387 e. The van der Waals surface area contributed by atoms with Crippen LogP contribution in [0.4, 0.5) is 8.78 Å². The molecule has 0 bridgehead atoms. The summed E-state index contributed by atoms with van der Waals surface area (Å²) in [5.41, 5.74) is 1.57. The number of nitrogens with zero attached hydrogens (tertiary/aromatic N) is 2. The standard InChI is InChI=1S/C13H12F2N2O3/c1-7-11(12(18)19)8(2)17(16-7)9-3-5-10(6-4-9)20-13(14)15/h3-6,13H,1-2H3,(H,18,19). The van der Waals surface area contributed by atoms with Crippen LogP contribution in [0.1, 0.15) is 21.7 Å². The predicted octanol–water partition coefficient (Wildman–Crippen LogP) is 2.79. The molecule has 0 fully saturated rings. The topological polar surface area (TPSA) is 64.4 Å². The van der Waals surface area contributed by atoms with Gasteiger partial charge >= 0.3 is 12.6 Å². The maximum absolute atomic E-state index is 12.0.